The number of fused-ring (bicyclic) bond motifs is 1. The second-order valence-electron chi connectivity index (χ2n) is 7.62. The summed E-state index contributed by atoms with van der Waals surface area (Å²) in [6.07, 6.45) is 4.00. The second kappa shape index (κ2) is 10.8. The van der Waals surface area contributed by atoms with E-state index in [4.69, 9.17) is 21.1 Å². The van der Waals surface area contributed by atoms with Crippen molar-refractivity contribution in [1.82, 2.24) is 14.6 Å². The van der Waals surface area contributed by atoms with Gasteiger partial charge in [-0.15, -0.1) is 0 Å². The molecule has 0 bridgehead atoms. The van der Waals surface area contributed by atoms with Gasteiger partial charge in [-0.1, -0.05) is 54.5 Å². The lowest BCUT2D eigenvalue weighted by atomic mass is 10.1. The first kappa shape index (κ1) is 23.9. The Labute approximate surface area is 205 Å². The molecular weight excluding hydrogens is 474 g/mol. The van der Waals surface area contributed by atoms with E-state index in [0.29, 0.717) is 34.3 Å². The molecule has 0 unspecified atom stereocenters. The average Bonchev–Trinajstić information content (AvgIpc) is 3.11. The van der Waals surface area contributed by atoms with Crippen molar-refractivity contribution in [1.29, 1.82) is 0 Å². The zero-order valence-electron chi connectivity index (χ0n) is 18.9. The third kappa shape index (κ3) is 5.46. The molecule has 0 fully saturated rings. The van der Waals surface area contributed by atoms with Crippen molar-refractivity contribution in [3.63, 3.8) is 0 Å². The maximum Gasteiger partial charge on any atom is 0.296 e. The Balaban J connectivity index is 1.69. The molecular formula is C25H24ClN3O4S. The topological polar surface area (TPSA) is 82.8 Å². The number of halogens is 1. The largest absolute Gasteiger partial charge is 0.490 e. The van der Waals surface area contributed by atoms with Crippen LogP contribution in [0.1, 0.15) is 43.5 Å². The summed E-state index contributed by atoms with van der Waals surface area (Å²) in [4.78, 5) is 29.8. The third-order valence-electron chi connectivity index (χ3n) is 5.06. The van der Waals surface area contributed by atoms with Crippen LogP contribution in [0.15, 0.2) is 52.1 Å². The van der Waals surface area contributed by atoms with Crippen molar-refractivity contribution in [2.45, 2.75) is 33.1 Å². The molecule has 0 aliphatic rings. The van der Waals surface area contributed by atoms with Gasteiger partial charge in [0.05, 0.1) is 17.7 Å². The van der Waals surface area contributed by atoms with E-state index in [9.17, 15) is 9.59 Å². The molecule has 34 heavy (non-hydrogen) atoms. The van der Waals surface area contributed by atoms with Gasteiger partial charge in [0, 0.05) is 11.4 Å². The first-order valence-corrected chi connectivity index (χ1v) is 12.3. The summed E-state index contributed by atoms with van der Waals surface area (Å²) in [7, 11) is 0. The van der Waals surface area contributed by atoms with Crippen LogP contribution in [0.3, 0.4) is 0 Å². The van der Waals surface area contributed by atoms with Gasteiger partial charge >= 0.3 is 0 Å². The number of aromatic nitrogens is 3. The van der Waals surface area contributed by atoms with Gasteiger partial charge in [-0.05, 0) is 54.8 Å². The zero-order chi connectivity index (χ0) is 24.1. The molecule has 0 radical (unpaired) electrons. The van der Waals surface area contributed by atoms with Gasteiger partial charge < -0.3 is 9.47 Å². The molecule has 176 valence electrons. The van der Waals surface area contributed by atoms with Crippen LogP contribution in [0.4, 0.5) is 0 Å². The normalized spacial score (nSPS) is 11.8. The Bertz CT molecular complexity index is 1460. The van der Waals surface area contributed by atoms with Crippen LogP contribution in [0.25, 0.3) is 11.0 Å². The third-order valence-corrected chi connectivity index (χ3v) is 6.27. The van der Waals surface area contributed by atoms with Crippen molar-refractivity contribution >= 4 is 34.0 Å². The summed E-state index contributed by atoms with van der Waals surface area (Å²) < 4.78 is 13.2. The summed E-state index contributed by atoms with van der Waals surface area (Å²) in [6, 6.07) is 12.7. The molecule has 0 N–H and O–H groups in total. The lowest BCUT2D eigenvalue weighted by Crippen LogP contribution is -2.28. The van der Waals surface area contributed by atoms with Crippen LogP contribution in [0, 0.1) is 0 Å². The molecule has 2 aromatic carbocycles. The minimum Gasteiger partial charge on any atom is -0.490 e. The SMILES string of the molecule is CCCCOc1ccc(C=c2sc3nc(=O)c(Cc4ccc(Cl)cc4)nn3c2=O)cc1OCC. The fourth-order valence-corrected chi connectivity index (χ4v) is 4.36. The summed E-state index contributed by atoms with van der Waals surface area (Å²) in [5.41, 5.74) is 1.06. The molecule has 0 amide bonds. The molecule has 0 saturated heterocycles. The van der Waals surface area contributed by atoms with Gasteiger partial charge in [-0.3, -0.25) is 9.59 Å². The molecule has 0 atom stereocenters. The summed E-state index contributed by atoms with van der Waals surface area (Å²) in [5.74, 6) is 1.29. The van der Waals surface area contributed by atoms with Crippen LogP contribution in [-0.2, 0) is 6.42 Å². The van der Waals surface area contributed by atoms with Gasteiger partial charge in [0.2, 0.25) is 4.96 Å². The van der Waals surface area contributed by atoms with Crippen LogP contribution in [0.5, 0.6) is 11.5 Å². The molecule has 0 aliphatic carbocycles. The monoisotopic (exact) mass is 497 g/mol. The number of hydrogen-bond donors (Lipinski definition) is 0. The van der Waals surface area contributed by atoms with Crippen molar-refractivity contribution in [3.05, 3.63) is 89.5 Å². The highest BCUT2D eigenvalue weighted by atomic mass is 35.5. The predicted octanol–water partition coefficient (Wildman–Crippen LogP) is 3.88. The van der Waals surface area contributed by atoms with Crippen molar-refractivity contribution in [3.8, 4) is 11.5 Å². The number of rotatable bonds is 9. The highest BCUT2D eigenvalue weighted by Gasteiger charge is 2.12. The maximum atomic E-state index is 13.0. The van der Waals surface area contributed by atoms with Crippen molar-refractivity contribution in [2.24, 2.45) is 0 Å². The number of ether oxygens (including phenoxy) is 2. The van der Waals surface area contributed by atoms with Gasteiger partial charge in [0.25, 0.3) is 11.1 Å². The quantitative estimate of drug-likeness (QED) is 0.326. The minimum atomic E-state index is -0.449. The average molecular weight is 498 g/mol. The maximum absolute atomic E-state index is 13.0. The molecule has 7 nitrogen and oxygen atoms in total. The Morgan fingerprint density at radius 2 is 1.85 bits per heavy atom. The molecule has 4 aromatic rings. The van der Waals surface area contributed by atoms with Gasteiger partial charge in [0.15, 0.2) is 11.5 Å². The van der Waals surface area contributed by atoms with Gasteiger partial charge in [-0.2, -0.15) is 14.6 Å². The van der Waals surface area contributed by atoms with E-state index >= 15 is 0 Å². The van der Waals surface area contributed by atoms with E-state index in [1.165, 1.54) is 4.52 Å². The van der Waals surface area contributed by atoms with E-state index in [-0.39, 0.29) is 22.6 Å². The van der Waals surface area contributed by atoms with E-state index in [0.717, 1.165) is 35.3 Å². The van der Waals surface area contributed by atoms with E-state index in [1.54, 1.807) is 18.2 Å². The first-order chi connectivity index (χ1) is 16.5. The van der Waals surface area contributed by atoms with Crippen molar-refractivity contribution in [2.75, 3.05) is 13.2 Å². The summed E-state index contributed by atoms with van der Waals surface area (Å²) in [6.45, 7) is 5.12. The van der Waals surface area contributed by atoms with Crippen LogP contribution >= 0.6 is 22.9 Å². The van der Waals surface area contributed by atoms with Crippen LogP contribution in [0.2, 0.25) is 5.02 Å². The van der Waals surface area contributed by atoms with E-state index in [1.807, 2.05) is 37.3 Å². The van der Waals surface area contributed by atoms with Gasteiger partial charge in [-0.25, -0.2) is 0 Å². The Hall–Kier alpha value is -3.23. The standard InChI is InChI=1S/C25H24ClN3O4S/c1-3-5-12-33-20-11-8-17(14-21(20)32-4-2)15-22-24(31)29-25(34-22)27-23(30)19(28-29)13-16-6-9-18(26)10-7-16/h6-11,14-15H,3-5,12-13H2,1-2H3. The summed E-state index contributed by atoms with van der Waals surface area (Å²) in [5, 5.41) is 4.91. The minimum absolute atomic E-state index is 0.202. The zero-order valence-corrected chi connectivity index (χ0v) is 20.5. The molecule has 2 heterocycles. The second-order valence-corrected chi connectivity index (χ2v) is 9.06. The number of nitrogens with zero attached hydrogens (tertiary/aromatic N) is 3. The fraction of sp³-hybridized carbons (Fsp3) is 0.280. The molecule has 4 rings (SSSR count). The Morgan fingerprint density at radius 1 is 1.06 bits per heavy atom. The highest BCUT2D eigenvalue weighted by molar-refractivity contribution is 7.15. The lowest BCUT2D eigenvalue weighted by molar-refractivity contribution is 0.272. The Morgan fingerprint density at radius 3 is 2.59 bits per heavy atom. The van der Waals surface area contributed by atoms with E-state index < -0.39 is 5.56 Å². The van der Waals surface area contributed by atoms with Gasteiger partial charge in [0.1, 0.15) is 5.69 Å². The molecule has 0 saturated carbocycles. The fourth-order valence-electron chi connectivity index (χ4n) is 3.33. The smallest absolute Gasteiger partial charge is 0.296 e. The number of hydrogen-bond acceptors (Lipinski definition) is 7. The summed E-state index contributed by atoms with van der Waals surface area (Å²) >= 11 is 7.05. The number of benzene rings is 2. The first-order valence-electron chi connectivity index (χ1n) is 11.1. The van der Waals surface area contributed by atoms with Crippen LogP contribution < -0.4 is 25.1 Å². The molecule has 9 heteroatoms. The number of thiazole rings is 1. The van der Waals surface area contributed by atoms with Crippen LogP contribution in [-0.4, -0.2) is 27.8 Å². The lowest BCUT2D eigenvalue weighted by Gasteiger charge is -2.12. The highest BCUT2D eigenvalue weighted by Crippen LogP contribution is 2.29. The molecule has 2 aromatic heterocycles. The number of unbranched alkanes of at least 4 members (excludes halogenated alkanes) is 1. The van der Waals surface area contributed by atoms with E-state index in [2.05, 4.69) is 17.0 Å². The molecule has 0 aliphatic heterocycles. The Kier molecular flexibility index (Phi) is 7.59. The predicted molar refractivity (Wildman–Crippen MR) is 134 cm³/mol. The van der Waals surface area contributed by atoms with Crippen molar-refractivity contribution < 1.29 is 9.47 Å². The molecule has 0 spiro atoms.